The van der Waals surface area contributed by atoms with Crippen molar-refractivity contribution in [2.75, 3.05) is 19.8 Å². The standard InChI is InChI=1S/C17H35NO2/c1-13(2)7-6-10-20-12-16(19)11-18-17-9-5-8-14(3)15(17)4/h13-19H,5-12H2,1-4H3. The van der Waals surface area contributed by atoms with E-state index in [-0.39, 0.29) is 6.10 Å². The Bertz CT molecular complexity index is 245. The molecule has 1 aliphatic rings. The molecule has 0 aromatic carbocycles. The van der Waals surface area contributed by atoms with Crippen LogP contribution in [0.4, 0.5) is 0 Å². The maximum atomic E-state index is 9.95. The third-order valence-electron chi connectivity index (χ3n) is 4.70. The molecular formula is C17H35NO2. The van der Waals surface area contributed by atoms with Gasteiger partial charge in [-0.25, -0.2) is 0 Å². The monoisotopic (exact) mass is 285 g/mol. The Labute approximate surface area is 125 Å². The fourth-order valence-corrected chi connectivity index (χ4v) is 3.03. The zero-order chi connectivity index (χ0) is 15.0. The smallest absolute Gasteiger partial charge is 0.0897 e. The molecule has 4 atom stereocenters. The molecule has 0 radical (unpaired) electrons. The van der Waals surface area contributed by atoms with E-state index in [1.54, 1.807) is 0 Å². The van der Waals surface area contributed by atoms with Gasteiger partial charge < -0.3 is 15.2 Å². The fourth-order valence-electron chi connectivity index (χ4n) is 3.03. The topological polar surface area (TPSA) is 41.5 Å². The first kappa shape index (κ1) is 17.9. The molecule has 0 aromatic heterocycles. The van der Waals surface area contributed by atoms with Gasteiger partial charge in [0, 0.05) is 19.2 Å². The van der Waals surface area contributed by atoms with Crippen molar-refractivity contribution >= 4 is 0 Å². The minimum absolute atomic E-state index is 0.376. The predicted octanol–water partition coefficient (Wildman–Crippen LogP) is 3.21. The van der Waals surface area contributed by atoms with Crippen molar-refractivity contribution in [3.05, 3.63) is 0 Å². The number of aliphatic hydroxyl groups is 1. The Morgan fingerprint density at radius 2 is 2.00 bits per heavy atom. The van der Waals surface area contributed by atoms with Crippen LogP contribution in [0.15, 0.2) is 0 Å². The van der Waals surface area contributed by atoms with Crippen LogP contribution in [0.2, 0.25) is 0 Å². The van der Waals surface area contributed by atoms with E-state index in [1.165, 1.54) is 25.7 Å². The van der Waals surface area contributed by atoms with Gasteiger partial charge in [0.05, 0.1) is 12.7 Å². The van der Waals surface area contributed by atoms with E-state index in [4.69, 9.17) is 4.74 Å². The summed E-state index contributed by atoms with van der Waals surface area (Å²) in [5.41, 5.74) is 0. The van der Waals surface area contributed by atoms with E-state index >= 15 is 0 Å². The van der Waals surface area contributed by atoms with Crippen LogP contribution in [0.3, 0.4) is 0 Å². The van der Waals surface area contributed by atoms with Crippen LogP contribution < -0.4 is 5.32 Å². The lowest BCUT2D eigenvalue weighted by Gasteiger charge is -2.35. The van der Waals surface area contributed by atoms with E-state index < -0.39 is 0 Å². The second kappa shape index (κ2) is 9.75. The molecule has 0 amide bonds. The lowest BCUT2D eigenvalue weighted by Crippen LogP contribution is -2.44. The first-order valence-corrected chi connectivity index (χ1v) is 8.50. The number of hydrogen-bond acceptors (Lipinski definition) is 3. The van der Waals surface area contributed by atoms with E-state index in [9.17, 15) is 5.11 Å². The third kappa shape index (κ3) is 7.05. The van der Waals surface area contributed by atoms with Crippen LogP contribution in [0, 0.1) is 17.8 Å². The summed E-state index contributed by atoms with van der Waals surface area (Å²) in [5.74, 6) is 2.24. The summed E-state index contributed by atoms with van der Waals surface area (Å²) in [5, 5.41) is 13.5. The van der Waals surface area contributed by atoms with Crippen LogP contribution in [0.25, 0.3) is 0 Å². The van der Waals surface area contributed by atoms with Crippen molar-refractivity contribution in [3.8, 4) is 0 Å². The van der Waals surface area contributed by atoms with Crippen LogP contribution in [-0.2, 0) is 4.74 Å². The average Bonchev–Trinajstić information content (AvgIpc) is 2.39. The lowest BCUT2D eigenvalue weighted by atomic mass is 9.78. The molecule has 3 heteroatoms. The molecule has 0 heterocycles. The van der Waals surface area contributed by atoms with Crippen molar-refractivity contribution in [3.63, 3.8) is 0 Å². The minimum Gasteiger partial charge on any atom is -0.389 e. The largest absolute Gasteiger partial charge is 0.389 e. The Hall–Kier alpha value is -0.120. The Kier molecular flexibility index (Phi) is 8.74. The van der Waals surface area contributed by atoms with Crippen LogP contribution in [0.5, 0.6) is 0 Å². The molecule has 1 rings (SSSR count). The second-order valence-corrected chi connectivity index (χ2v) is 7.05. The summed E-state index contributed by atoms with van der Waals surface area (Å²) >= 11 is 0. The molecular weight excluding hydrogens is 250 g/mol. The highest BCUT2D eigenvalue weighted by atomic mass is 16.5. The fraction of sp³-hybridized carbons (Fsp3) is 1.00. The maximum absolute atomic E-state index is 9.95. The summed E-state index contributed by atoms with van der Waals surface area (Å²) in [6.07, 6.45) is 5.82. The van der Waals surface area contributed by atoms with Gasteiger partial charge in [0.2, 0.25) is 0 Å². The van der Waals surface area contributed by atoms with Gasteiger partial charge in [0.1, 0.15) is 0 Å². The van der Waals surface area contributed by atoms with E-state index in [1.807, 2.05) is 0 Å². The van der Waals surface area contributed by atoms with Gasteiger partial charge in [0.25, 0.3) is 0 Å². The van der Waals surface area contributed by atoms with Gasteiger partial charge in [-0.05, 0) is 37.0 Å². The molecule has 1 fully saturated rings. The summed E-state index contributed by atoms with van der Waals surface area (Å²) in [4.78, 5) is 0. The zero-order valence-electron chi connectivity index (χ0n) is 13.9. The molecule has 0 spiro atoms. The molecule has 2 N–H and O–H groups in total. The molecule has 3 nitrogen and oxygen atoms in total. The highest BCUT2D eigenvalue weighted by Gasteiger charge is 2.26. The molecule has 0 saturated heterocycles. The SMILES string of the molecule is CC(C)CCCOCC(O)CNC1CCCC(C)C1C. The van der Waals surface area contributed by atoms with Gasteiger partial charge in [0.15, 0.2) is 0 Å². The number of ether oxygens (including phenoxy) is 1. The maximum Gasteiger partial charge on any atom is 0.0897 e. The van der Waals surface area contributed by atoms with Gasteiger partial charge in [-0.2, -0.15) is 0 Å². The Balaban J connectivity index is 2.06. The van der Waals surface area contributed by atoms with E-state index in [0.29, 0.717) is 25.1 Å². The zero-order valence-corrected chi connectivity index (χ0v) is 13.9. The number of rotatable bonds is 9. The Morgan fingerprint density at radius 3 is 2.70 bits per heavy atom. The molecule has 120 valence electrons. The highest BCUT2D eigenvalue weighted by Crippen LogP contribution is 2.29. The highest BCUT2D eigenvalue weighted by molar-refractivity contribution is 4.82. The van der Waals surface area contributed by atoms with Gasteiger partial charge in [-0.3, -0.25) is 0 Å². The second-order valence-electron chi connectivity index (χ2n) is 7.05. The van der Waals surface area contributed by atoms with Crippen molar-refractivity contribution in [1.82, 2.24) is 5.32 Å². The normalized spacial score (nSPS) is 28.8. The van der Waals surface area contributed by atoms with Gasteiger partial charge >= 0.3 is 0 Å². The molecule has 4 unspecified atom stereocenters. The van der Waals surface area contributed by atoms with Crippen LogP contribution >= 0.6 is 0 Å². The predicted molar refractivity (Wildman–Crippen MR) is 84.9 cm³/mol. The molecule has 1 saturated carbocycles. The lowest BCUT2D eigenvalue weighted by molar-refractivity contribution is 0.0307. The third-order valence-corrected chi connectivity index (χ3v) is 4.70. The summed E-state index contributed by atoms with van der Waals surface area (Å²) in [6, 6.07) is 0.564. The molecule has 20 heavy (non-hydrogen) atoms. The average molecular weight is 285 g/mol. The minimum atomic E-state index is -0.376. The van der Waals surface area contributed by atoms with Crippen molar-refractivity contribution < 1.29 is 9.84 Å². The quantitative estimate of drug-likeness (QED) is 0.639. The van der Waals surface area contributed by atoms with Crippen LogP contribution in [0.1, 0.15) is 59.8 Å². The van der Waals surface area contributed by atoms with Gasteiger partial charge in [-0.1, -0.05) is 40.5 Å². The van der Waals surface area contributed by atoms with Crippen molar-refractivity contribution in [2.45, 2.75) is 71.9 Å². The Morgan fingerprint density at radius 1 is 1.25 bits per heavy atom. The number of aliphatic hydroxyl groups excluding tert-OH is 1. The summed E-state index contributed by atoms with van der Waals surface area (Å²) in [6.45, 7) is 11.0. The van der Waals surface area contributed by atoms with Crippen molar-refractivity contribution in [1.29, 1.82) is 0 Å². The van der Waals surface area contributed by atoms with Crippen molar-refractivity contribution in [2.24, 2.45) is 17.8 Å². The molecule has 0 aliphatic heterocycles. The van der Waals surface area contributed by atoms with E-state index in [2.05, 4.69) is 33.0 Å². The first-order chi connectivity index (χ1) is 9.50. The van der Waals surface area contributed by atoms with Gasteiger partial charge in [-0.15, -0.1) is 0 Å². The first-order valence-electron chi connectivity index (χ1n) is 8.50. The summed E-state index contributed by atoms with van der Waals surface area (Å²) < 4.78 is 5.54. The summed E-state index contributed by atoms with van der Waals surface area (Å²) in [7, 11) is 0. The number of hydrogen-bond donors (Lipinski definition) is 2. The van der Waals surface area contributed by atoms with E-state index in [0.717, 1.165) is 24.9 Å². The molecule has 0 aromatic rings. The molecule has 1 aliphatic carbocycles. The van der Waals surface area contributed by atoms with Crippen LogP contribution in [-0.4, -0.2) is 37.0 Å². The molecule has 0 bridgehead atoms. The number of nitrogens with one attached hydrogen (secondary N) is 1.